The first-order valence-electron chi connectivity index (χ1n) is 8.72. The third-order valence-corrected chi connectivity index (χ3v) is 4.96. The molecule has 2 aliphatic heterocycles. The van der Waals surface area contributed by atoms with Crippen molar-refractivity contribution in [3.8, 4) is 5.75 Å². The molecule has 3 rings (SSSR count). The average Bonchev–Trinajstić information content (AvgIpc) is 3.25. The van der Waals surface area contributed by atoms with Crippen molar-refractivity contribution in [2.45, 2.75) is 12.8 Å². The lowest BCUT2D eigenvalue weighted by molar-refractivity contribution is 0.0954. The normalized spacial score (nSPS) is 23.2. The second kappa shape index (κ2) is 7.74. The van der Waals surface area contributed by atoms with Gasteiger partial charge in [0.15, 0.2) is 5.96 Å². The first-order valence-corrected chi connectivity index (χ1v) is 8.72. The quantitative estimate of drug-likeness (QED) is 0.427. The summed E-state index contributed by atoms with van der Waals surface area (Å²) in [6.07, 6.45) is 2.27. The second-order valence-corrected chi connectivity index (χ2v) is 6.75. The van der Waals surface area contributed by atoms with Gasteiger partial charge in [0.05, 0.1) is 6.61 Å². The van der Waals surface area contributed by atoms with Gasteiger partial charge in [-0.25, -0.2) is 0 Å². The minimum absolute atomic E-state index is 0.151. The van der Waals surface area contributed by atoms with Crippen LogP contribution in [0.2, 0.25) is 0 Å². The molecule has 0 aromatic heterocycles. The van der Waals surface area contributed by atoms with Gasteiger partial charge < -0.3 is 25.4 Å². The van der Waals surface area contributed by atoms with Gasteiger partial charge in [-0.3, -0.25) is 9.79 Å². The highest BCUT2D eigenvalue weighted by molar-refractivity contribution is 5.94. The summed E-state index contributed by atoms with van der Waals surface area (Å²) >= 11 is 0. The van der Waals surface area contributed by atoms with E-state index >= 15 is 0 Å². The van der Waals surface area contributed by atoms with E-state index in [2.05, 4.69) is 20.5 Å². The van der Waals surface area contributed by atoms with Gasteiger partial charge in [0.1, 0.15) is 5.75 Å². The Morgan fingerprint density at radius 3 is 2.72 bits per heavy atom. The number of phenols is 1. The van der Waals surface area contributed by atoms with Gasteiger partial charge in [0.2, 0.25) is 0 Å². The Labute approximate surface area is 148 Å². The van der Waals surface area contributed by atoms with Gasteiger partial charge in [-0.15, -0.1) is 0 Å². The lowest BCUT2D eigenvalue weighted by atomic mass is 9.87. The maximum atomic E-state index is 12.0. The molecule has 1 aromatic rings. The van der Waals surface area contributed by atoms with Crippen molar-refractivity contribution < 1.29 is 14.6 Å². The molecule has 1 atom stereocenters. The first kappa shape index (κ1) is 17.5. The van der Waals surface area contributed by atoms with Crippen LogP contribution in [0.25, 0.3) is 0 Å². The fourth-order valence-corrected chi connectivity index (χ4v) is 3.48. The summed E-state index contributed by atoms with van der Waals surface area (Å²) in [6.45, 7) is 4.79. The predicted molar refractivity (Wildman–Crippen MR) is 95.9 cm³/mol. The monoisotopic (exact) mass is 346 g/mol. The Morgan fingerprint density at radius 2 is 2.04 bits per heavy atom. The summed E-state index contributed by atoms with van der Waals surface area (Å²) in [5, 5.41) is 15.4. The summed E-state index contributed by atoms with van der Waals surface area (Å²) in [4.78, 5) is 18.7. The van der Waals surface area contributed by atoms with Crippen LogP contribution in [0.5, 0.6) is 5.75 Å². The van der Waals surface area contributed by atoms with E-state index in [4.69, 9.17) is 4.74 Å². The number of phenolic OH excluding ortho intramolecular Hbond substituents is 1. The number of hydrogen-bond donors (Lipinski definition) is 3. The van der Waals surface area contributed by atoms with Crippen LogP contribution < -0.4 is 10.6 Å². The minimum Gasteiger partial charge on any atom is -0.508 e. The van der Waals surface area contributed by atoms with Gasteiger partial charge >= 0.3 is 0 Å². The van der Waals surface area contributed by atoms with Crippen molar-refractivity contribution in [2.24, 2.45) is 10.4 Å². The van der Waals surface area contributed by atoms with Crippen LogP contribution >= 0.6 is 0 Å². The van der Waals surface area contributed by atoms with Gasteiger partial charge in [-0.05, 0) is 37.1 Å². The number of aromatic hydroxyl groups is 1. The van der Waals surface area contributed by atoms with Gasteiger partial charge in [-0.2, -0.15) is 0 Å². The molecule has 1 spiro atoms. The van der Waals surface area contributed by atoms with E-state index < -0.39 is 0 Å². The molecule has 3 N–H and O–H groups in total. The van der Waals surface area contributed by atoms with E-state index in [0.717, 1.165) is 45.1 Å². The highest BCUT2D eigenvalue weighted by Crippen LogP contribution is 2.38. The van der Waals surface area contributed by atoms with E-state index in [-0.39, 0.29) is 11.7 Å². The number of hydrogen-bond acceptors (Lipinski definition) is 4. The second-order valence-electron chi connectivity index (χ2n) is 6.75. The third-order valence-electron chi connectivity index (χ3n) is 4.96. The first-order chi connectivity index (χ1) is 12.1. The van der Waals surface area contributed by atoms with Crippen molar-refractivity contribution in [1.29, 1.82) is 0 Å². The molecule has 2 heterocycles. The molecule has 7 nitrogen and oxygen atoms in total. The van der Waals surface area contributed by atoms with Crippen molar-refractivity contribution in [3.05, 3.63) is 29.8 Å². The molecule has 136 valence electrons. The molecular formula is C18H26N4O3. The molecule has 25 heavy (non-hydrogen) atoms. The zero-order chi connectivity index (χ0) is 17.7. The number of carbonyl (C=O) groups excluding carboxylic acids is 1. The number of ether oxygens (including phenoxy) is 1. The van der Waals surface area contributed by atoms with E-state index in [0.29, 0.717) is 24.1 Å². The number of guanidine groups is 1. The molecule has 1 amide bonds. The molecule has 0 bridgehead atoms. The van der Waals surface area contributed by atoms with Crippen LogP contribution in [0.15, 0.2) is 29.3 Å². The summed E-state index contributed by atoms with van der Waals surface area (Å²) in [6, 6.07) is 6.21. The van der Waals surface area contributed by atoms with Crippen molar-refractivity contribution in [3.63, 3.8) is 0 Å². The summed E-state index contributed by atoms with van der Waals surface area (Å²) < 4.78 is 5.57. The number of benzene rings is 1. The standard InChI is InChI=1S/C18H26N4O3/c1-19-17(22-10-6-18(12-22)7-11-25-13-18)21-9-8-20-16(24)14-2-4-15(23)5-3-14/h2-5,23H,6-13H2,1H3,(H,19,21)(H,20,24). The van der Waals surface area contributed by atoms with Crippen molar-refractivity contribution in [2.75, 3.05) is 46.4 Å². The van der Waals surface area contributed by atoms with Crippen LogP contribution in [-0.4, -0.2) is 68.3 Å². The number of amides is 1. The summed E-state index contributed by atoms with van der Waals surface area (Å²) in [7, 11) is 1.79. The molecule has 0 aliphatic carbocycles. The van der Waals surface area contributed by atoms with Crippen LogP contribution in [0.1, 0.15) is 23.2 Å². The highest BCUT2D eigenvalue weighted by atomic mass is 16.5. The Bertz CT molecular complexity index is 624. The third kappa shape index (κ3) is 4.22. The molecule has 2 aliphatic rings. The highest BCUT2D eigenvalue weighted by Gasteiger charge is 2.42. The molecule has 2 fully saturated rings. The number of likely N-dealkylation sites (tertiary alicyclic amines) is 1. The number of carbonyl (C=O) groups is 1. The number of nitrogens with zero attached hydrogens (tertiary/aromatic N) is 2. The zero-order valence-corrected chi connectivity index (χ0v) is 14.6. The maximum Gasteiger partial charge on any atom is 0.251 e. The van der Waals surface area contributed by atoms with E-state index in [1.54, 1.807) is 19.2 Å². The molecule has 0 radical (unpaired) electrons. The Hall–Kier alpha value is -2.28. The lowest BCUT2D eigenvalue weighted by Crippen LogP contribution is -2.44. The molecular weight excluding hydrogens is 320 g/mol. The van der Waals surface area contributed by atoms with Crippen LogP contribution in [0.3, 0.4) is 0 Å². The number of nitrogens with one attached hydrogen (secondary N) is 2. The largest absolute Gasteiger partial charge is 0.508 e. The molecule has 0 saturated carbocycles. The van der Waals surface area contributed by atoms with E-state index in [1.807, 2.05) is 0 Å². The molecule has 2 saturated heterocycles. The van der Waals surface area contributed by atoms with Crippen LogP contribution in [0, 0.1) is 5.41 Å². The Kier molecular flexibility index (Phi) is 5.43. The summed E-state index contributed by atoms with van der Waals surface area (Å²) in [5.74, 6) is 0.876. The fourth-order valence-electron chi connectivity index (χ4n) is 3.48. The molecule has 7 heteroatoms. The van der Waals surface area contributed by atoms with E-state index in [1.165, 1.54) is 12.1 Å². The Balaban J connectivity index is 1.41. The van der Waals surface area contributed by atoms with Gasteiger partial charge in [0, 0.05) is 50.8 Å². The van der Waals surface area contributed by atoms with Crippen molar-refractivity contribution >= 4 is 11.9 Å². The predicted octanol–water partition coefficient (Wildman–Crippen LogP) is 0.810. The van der Waals surface area contributed by atoms with Crippen LogP contribution in [0.4, 0.5) is 0 Å². The lowest BCUT2D eigenvalue weighted by Gasteiger charge is -2.25. The SMILES string of the molecule is CN=C(NCCNC(=O)c1ccc(O)cc1)N1CCC2(CCOC2)C1. The number of aliphatic imine (C=N–C) groups is 1. The molecule has 1 aromatic carbocycles. The van der Waals surface area contributed by atoms with Crippen LogP contribution in [-0.2, 0) is 4.74 Å². The smallest absolute Gasteiger partial charge is 0.251 e. The number of rotatable bonds is 4. The minimum atomic E-state index is -0.153. The Morgan fingerprint density at radius 1 is 1.28 bits per heavy atom. The fraction of sp³-hybridized carbons (Fsp3) is 0.556. The van der Waals surface area contributed by atoms with Gasteiger partial charge in [-0.1, -0.05) is 0 Å². The van der Waals surface area contributed by atoms with Gasteiger partial charge in [0.25, 0.3) is 5.91 Å². The molecule has 1 unspecified atom stereocenters. The zero-order valence-electron chi connectivity index (χ0n) is 14.6. The topological polar surface area (TPSA) is 86.2 Å². The maximum absolute atomic E-state index is 12.0. The summed E-state index contributed by atoms with van der Waals surface area (Å²) in [5.41, 5.74) is 0.829. The average molecular weight is 346 g/mol. The van der Waals surface area contributed by atoms with E-state index in [9.17, 15) is 9.90 Å². The van der Waals surface area contributed by atoms with Crippen molar-refractivity contribution in [1.82, 2.24) is 15.5 Å².